The number of aliphatic imine (C=N–C) groups is 1. The molecule has 2 atom stereocenters. The van der Waals surface area contributed by atoms with Crippen LogP contribution in [0.4, 0.5) is 5.13 Å². The van der Waals surface area contributed by atoms with E-state index in [1.807, 2.05) is 0 Å². The molecule has 3 aliphatic rings. The van der Waals surface area contributed by atoms with Crippen LogP contribution in [0.5, 0.6) is 0 Å². The molecule has 0 saturated carbocycles. The van der Waals surface area contributed by atoms with E-state index >= 15 is 0 Å². The van der Waals surface area contributed by atoms with Gasteiger partial charge in [-0.15, -0.1) is 11.8 Å². The summed E-state index contributed by atoms with van der Waals surface area (Å²) in [4.78, 5) is 51.7. The summed E-state index contributed by atoms with van der Waals surface area (Å²) in [6.45, 7) is 0.762. The second kappa shape index (κ2) is 9.68. The fraction of sp³-hybridized carbons (Fsp3) is 0.438. The first kappa shape index (κ1) is 22.9. The van der Waals surface area contributed by atoms with E-state index in [1.165, 1.54) is 35.5 Å². The number of thioether (sulfide) groups is 3. The van der Waals surface area contributed by atoms with Crippen molar-refractivity contribution < 1.29 is 24.3 Å². The zero-order chi connectivity index (χ0) is 22.8. The average molecular weight is 516 g/mol. The van der Waals surface area contributed by atoms with Gasteiger partial charge in [-0.3, -0.25) is 19.5 Å². The van der Waals surface area contributed by atoms with Gasteiger partial charge in [0.05, 0.1) is 6.54 Å². The van der Waals surface area contributed by atoms with E-state index in [0.717, 1.165) is 28.2 Å². The third kappa shape index (κ3) is 4.44. The molecule has 2 amide bonds. The summed E-state index contributed by atoms with van der Waals surface area (Å²) in [7, 11) is 1.26. The van der Waals surface area contributed by atoms with Crippen molar-refractivity contribution >= 4 is 79.8 Å². The molecule has 1 aromatic rings. The standard InChI is InChI=1S/C16H17N7O5S4/c1-28-21-7(10-20-15(17)32-22-10)11(24)19-8-12(25)23-9(14(26)27)6(4-30-13(8)23)5-31-16-18-2-3-29-16/h8,13H,2-5H2,1H3,(H,19,24)(H,26,27)(H2,17,20,22)/b21-7+. The number of β-lactam (4-membered cyclic amide) rings is 1. The molecule has 32 heavy (non-hydrogen) atoms. The van der Waals surface area contributed by atoms with Gasteiger partial charge >= 0.3 is 5.97 Å². The highest BCUT2D eigenvalue weighted by atomic mass is 32.2. The summed E-state index contributed by atoms with van der Waals surface area (Å²) in [6.07, 6.45) is 0. The topological polar surface area (TPSA) is 172 Å². The quantitative estimate of drug-likeness (QED) is 0.254. The number of amides is 2. The van der Waals surface area contributed by atoms with Gasteiger partial charge in [0.2, 0.25) is 11.5 Å². The third-order valence-corrected chi connectivity index (χ3v) is 8.74. The number of nitrogens with zero attached hydrogens (tertiary/aromatic N) is 5. The Bertz CT molecular complexity index is 1060. The van der Waals surface area contributed by atoms with Crippen LogP contribution < -0.4 is 11.1 Å². The highest BCUT2D eigenvalue weighted by molar-refractivity contribution is 8.39. The number of oxime groups is 1. The van der Waals surface area contributed by atoms with E-state index in [2.05, 4.69) is 24.8 Å². The van der Waals surface area contributed by atoms with Gasteiger partial charge in [-0.05, 0) is 5.57 Å². The number of carbonyl (C=O) groups excluding carboxylic acids is 2. The minimum Gasteiger partial charge on any atom is -0.477 e. The third-order valence-electron chi connectivity index (χ3n) is 4.52. The first-order valence-corrected chi connectivity index (χ1v) is 12.9. The van der Waals surface area contributed by atoms with Crippen LogP contribution in [0.25, 0.3) is 0 Å². The summed E-state index contributed by atoms with van der Waals surface area (Å²) in [5.41, 5.74) is 5.96. The van der Waals surface area contributed by atoms with Crippen molar-refractivity contribution in [1.29, 1.82) is 0 Å². The van der Waals surface area contributed by atoms with Crippen molar-refractivity contribution in [1.82, 2.24) is 19.6 Å². The molecule has 0 aromatic carbocycles. The number of carboxylic acid groups (broad SMARTS) is 1. The van der Waals surface area contributed by atoms with Crippen LogP contribution in [0.2, 0.25) is 0 Å². The van der Waals surface area contributed by atoms with E-state index in [9.17, 15) is 19.5 Å². The molecule has 3 aliphatic heterocycles. The zero-order valence-electron chi connectivity index (χ0n) is 16.5. The van der Waals surface area contributed by atoms with Crippen LogP contribution in [-0.4, -0.2) is 89.6 Å². The minimum absolute atomic E-state index is 0.0232. The van der Waals surface area contributed by atoms with Crippen LogP contribution in [0.3, 0.4) is 0 Å². The molecule has 4 rings (SSSR count). The lowest BCUT2D eigenvalue weighted by Gasteiger charge is -2.49. The van der Waals surface area contributed by atoms with Crippen LogP contribution in [-0.2, 0) is 19.2 Å². The smallest absolute Gasteiger partial charge is 0.352 e. The normalized spacial score (nSPS) is 22.9. The second-order valence-corrected chi connectivity index (χ2v) is 10.7. The average Bonchev–Trinajstić information content (AvgIpc) is 3.45. The summed E-state index contributed by atoms with van der Waals surface area (Å²) in [5, 5.41) is 15.6. The number of aromatic nitrogens is 2. The number of hydrogen-bond acceptors (Lipinski definition) is 13. The molecule has 16 heteroatoms. The maximum atomic E-state index is 12.8. The Kier molecular flexibility index (Phi) is 6.92. The molecule has 0 spiro atoms. The number of carbonyl (C=O) groups is 3. The molecule has 0 bridgehead atoms. The molecule has 1 fully saturated rings. The predicted molar refractivity (Wildman–Crippen MR) is 125 cm³/mol. The van der Waals surface area contributed by atoms with E-state index < -0.39 is 29.2 Å². The number of nitrogen functional groups attached to an aromatic ring is 1. The zero-order valence-corrected chi connectivity index (χ0v) is 19.8. The Morgan fingerprint density at radius 3 is 2.91 bits per heavy atom. The molecule has 170 valence electrons. The number of nitrogens with two attached hydrogens (primary N) is 1. The first-order chi connectivity index (χ1) is 15.4. The molecule has 12 nitrogen and oxygen atoms in total. The molecule has 4 heterocycles. The number of rotatable bonds is 7. The Hall–Kier alpha value is -2.30. The van der Waals surface area contributed by atoms with Crippen molar-refractivity contribution in [2.75, 3.05) is 36.6 Å². The molecular weight excluding hydrogens is 498 g/mol. The van der Waals surface area contributed by atoms with Gasteiger partial charge in [-0.25, -0.2) is 4.79 Å². The first-order valence-electron chi connectivity index (χ1n) is 9.12. The van der Waals surface area contributed by atoms with E-state index in [-0.39, 0.29) is 22.4 Å². The highest BCUT2D eigenvalue weighted by Gasteiger charge is 2.54. The SMILES string of the molecule is CO/N=C(/C(=O)NC1C(=O)N2C(C(=O)O)=C(CSC3=NCCS3)CSC12)c1nsc(N)n1. The van der Waals surface area contributed by atoms with Crippen LogP contribution in [0.1, 0.15) is 5.82 Å². The fourth-order valence-corrected chi connectivity index (χ4v) is 7.09. The molecule has 1 aromatic heterocycles. The summed E-state index contributed by atoms with van der Waals surface area (Å²) < 4.78 is 4.87. The predicted octanol–water partition coefficient (Wildman–Crippen LogP) is 0.0454. The van der Waals surface area contributed by atoms with Gasteiger partial charge in [0.25, 0.3) is 11.8 Å². The number of hydrogen-bond donors (Lipinski definition) is 3. The fourth-order valence-electron chi connectivity index (χ4n) is 3.16. The number of aliphatic carboxylic acids is 1. The maximum Gasteiger partial charge on any atom is 0.352 e. The molecule has 1 saturated heterocycles. The van der Waals surface area contributed by atoms with Crippen molar-refractivity contribution in [2.24, 2.45) is 10.1 Å². The highest BCUT2D eigenvalue weighted by Crippen LogP contribution is 2.41. The maximum absolute atomic E-state index is 12.8. The Balaban J connectivity index is 1.48. The summed E-state index contributed by atoms with van der Waals surface area (Å²) in [5.74, 6) is -0.634. The van der Waals surface area contributed by atoms with Gasteiger partial charge in [0.15, 0.2) is 5.13 Å². The minimum atomic E-state index is -1.17. The van der Waals surface area contributed by atoms with Crippen LogP contribution >= 0.6 is 46.8 Å². The van der Waals surface area contributed by atoms with Gasteiger partial charge < -0.3 is 21.0 Å². The number of fused-ring (bicyclic) bond motifs is 1. The van der Waals surface area contributed by atoms with Gasteiger partial charge in [0, 0.05) is 28.8 Å². The van der Waals surface area contributed by atoms with Crippen LogP contribution in [0, 0.1) is 0 Å². The lowest BCUT2D eigenvalue weighted by molar-refractivity contribution is -0.150. The number of carboxylic acids is 1. The Labute approximate surface area is 198 Å². The van der Waals surface area contributed by atoms with Gasteiger partial charge in [-0.2, -0.15) is 9.36 Å². The number of nitrogens with one attached hydrogen (secondary N) is 1. The Morgan fingerprint density at radius 2 is 2.28 bits per heavy atom. The largest absolute Gasteiger partial charge is 0.477 e. The lowest BCUT2D eigenvalue weighted by Crippen LogP contribution is -2.71. The number of anilines is 1. The molecule has 4 N–H and O–H groups in total. The summed E-state index contributed by atoms with van der Waals surface area (Å²) in [6, 6.07) is -0.913. The summed E-state index contributed by atoms with van der Waals surface area (Å²) >= 11 is 5.40. The molecule has 0 radical (unpaired) electrons. The molecule has 0 aliphatic carbocycles. The van der Waals surface area contributed by atoms with E-state index in [1.54, 1.807) is 11.8 Å². The molecular formula is C16H17N7O5S4. The Morgan fingerprint density at radius 1 is 1.47 bits per heavy atom. The van der Waals surface area contributed by atoms with Crippen molar-refractivity contribution in [3.8, 4) is 0 Å². The van der Waals surface area contributed by atoms with Gasteiger partial charge in [0.1, 0.15) is 28.6 Å². The molecule has 2 unspecified atom stereocenters. The van der Waals surface area contributed by atoms with Crippen molar-refractivity contribution in [3.05, 3.63) is 17.1 Å². The van der Waals surface area contributed by atoms with Crippen LogP contribution in [0.15, 0.2) is 21.4 Å². The van der Waals surface area contributed by atoms with Crippen molar-refractivity contribution in [2.45, 2.75) is 11.4 Å². The van der Waals surface area contributed by atoms with Crippen molar-refractivity contribution in [3.63, 3.8) is 0 Å². The monoisotopic (exact) mass is 515 g/mol. The second-order valence-electron chi connectivity index (χ2n) is 6.48. The van der Waals surface area contributed by atoms with E-state index in [4.69, 9.17) is 10.6 Å². The van der Waals surface area contributed by atoms with Gasteiger partial charge in [-0.1, -0.05) is 28.7 Å². The lowest BCUT2D eigenvalue weighted by atomic mass is 10.0. The van der Waals surface area contributed by atoms with E-state index in [0.29, 0.717) is 17.1 Å².